The zero-order valence-electron chi connectivity index (χ0n) is 19.2. The molecule has 0 unspecified atom stereocenters. The molecule has 0 bridgehead atoms. The first-order chi connectivity index (χ1) is 16.1. The van der Waals surface area contributed by atoms with Crippen molar-refractivity contribution in [2.45, 2.75) is 18.0 Å². The lowest BCUT2D eigenvalue weighted by Gasteiger charge is -2.28. The Balaban J connectivity index is 1.70. The molecule has 1 heterocycles. The number of aromatic nitrogens is 1. The Morgan fingerprint density at radius 3 is 2.21 bits per heavy atom. The van der Waals surface area contributed by atoms with Gasteiger partial charge in [-0.2, -0.15) is 0 Å². The molecule has 0 saturated heterocycles. The van der Waals surface area contributed by atoms with E-state index in [0.717, 1.165) is 16.2 Å². The van der Waals surface area contributed by atoms with Gasteiger partial charge in [0.25, 0.3) is 0 Å². The Morgan fingerprint density at radius 2 is 1.58 bits per heavy atom. The average Bonchev–Trinajstić information content (AvgIpc) is 3.25. The SMILES string of the molecule is COCCN(CC(=O)N(Cc1ccccc1)Cc1cccn1C)C(=O)CSc1ccccc1. The van der Waals surface area contributed by atoms with Gasteiger partial charge in [0.2, 0.25) is 11.8 Å². The topological polar surface area (TPSA) is 54.8 Å². The summed E-state index contributed by atoms with van der Waals surface area (Å²) in [5, 5.41) is 0. The molecular weight excluding hydrogens is 434 g/mol. The molecule has 0 fully saturated rings. The fourth-order valence-electron chi connectivity index (χ4n) is 3.40. The number of hydrogen-bond donors (Lipinski definition) is 0. The quantitative estimate of drug-likeness (QED) is 0.382. The highest BCUT2D eigenvalue weighted by atomic mass is 32.2. The van der Waals surface area contributed by atoms with Crippen LogP contribution in [0.25, 0.3) is 0 Å². The smallest absolute Gasteiger partial charge is 0.242 e. The van der Waals surface area contributed by atoms with Crippen LogP contribution in [0.2, 0.25) is 0 Å². The lowest BCUT2D eigenvalue weighted by molar-refractivity contribution is -0.140. The molecule has 7 heteroatoms. The molecule has 0 atom stereocenters. The molecule has 3 rings (SSSR count). The van der Waals surface area contributed by atoms with Crippen LogP contribution in [0.5, 0.6) is 0 Å². The largest absolute Gasteiger partial charge is 0.383 e. The predicted octanol–water partition coefficient (Wildman–Crippen LogP) is 3.82. The van der Waals surface area contributed by atoms with E-state index in [1.54, 1.807) is 12.0 Å². The van der Waals surface area contributed by atoms with E-state index in [0.29, 0.717) is 26.2 Å². The Bertz CT molecular complexity index is 1010. The number of methoxy groups -OCH3 is 1. The normalized spacial score (nSPS) is 10.7. The molecule has 0 aliphatic heterocycles. The van der Waals surface area contributed by atoms with E-state index >= 15 is 0 Å². The number of hydrogen-bond acceptors (Lipinski definition) is 4. The number of aryl methyl sites for hydroxylation is 1. The van der Waals surface area contributed by atoms with Crippen molar-refractivity contribution in [1.29, 1.82) is 0 Å². The van der Waals surface area contributed by atoms with Gasteiger partial charge >= 0.3 is 0 Å². The van der Waals surface area contributed by atoms with Crippen LogP contribution in [-0.2, 0) is 34.5 Å². The maximum Gasteiger partial charge on any atom is 0.242 e. The van der Waals surface area contributed by atoms with Crippen molar-refractivity contribution in [2.75, 3.05) is 32.6 Å². The van der Waals surface area contributed by atoms with Gasteiger partial charge in [-0.3, -0.25) is 9.59 Å². The third kappa shape index (κ3) is 7.80. The summed E-state index contributed by atoms with van der Waals surface area (Å²) in [4.78, 5) is 30.8. The first kappa shape index (κ1) is 24.6. The fourth-order valence-corrected chi connectivity index (χ4v) is 4.22. The first-order valence-electron chi connectivity index (χ1n) is 10.9. The monoisotopic (exact) mass is 465 g/mol. The van der Waals surface area contributed by atoms with Crippen LogP contribution in [0, 0.1) is 0 Å². The molecule has 6 nitrogen and oxygen atoms in total. The molecule has 0 radical (unpaired) electrons. The van der Waals surface area contributed by atoms with Gasteiger partial charge in [-0.1, -0.05) is 48.5 Å². The van der Waals surface area contributed by atoms with Crippen LogP contribution >= 0.6 is 11.8 Å². The molecule has 0 aliphatic rings. The Kier molecular flexibility index (Phi) is 9.59. The van der Waals surface area contributed by atoms with Crippen LogP contribution in [0.3, 0.4) is 0 Å². The number of ether oxygens (including phenoxy) is 1. The van der Waals surface area contributed by atoms with Gasteiger partial charge in [-0.25, -0.2) is 0 Å². The molecule has 3 aromatic rings. The van der Waals surface area contributed by atoms with Crippen molar-refractivity contribution in [1.82, 2.24) is 14.4 Å². The Morgan fingerprint density at radius 1 is 0.879 bits per heavy atom. The molecule has 1 aromatic heterocycles. The third-order valence-corrected chi connectivity index (χ3v) is 6.32. The van der Waals surface area contributed by atoms with Gasteiger partial charge in [0.05, 0.1) is 25.4 Å². The number of carbonyl (C=O) groups is 2. The van der Waals surface area contributed by atoms with Gasteiger partial charge in [0.1, 0.15) is 0 Å². The van der Waals surface area contributed by atoms with E-state index < -0.39 is 0 Å². The second-order valence-electron chi connectivity index (χ2n) is 7.76. The standard InChI is InChI=1S/C26H31N3O3S/c1-27-15-9-12-23(27)19-29(18-22-10-5-3-6-11-22)25(30)20-28(16-17-32-2)26(31)21-33-24-13-7-4-8-14-24/h3-15H,16-21H2,1-2H3. The lowest BCUT2D eigenvalue weighted by atomic mass is 10.2. The maximum atomic E-state index is 13.4. The number of benzene rings is 2. The van der Waals surface area contributed by atoms with Gasteiger partial charge in [-0.05, 0) is 29.8 Å². The summed E-state index contributed by atoms with van der Waals surface area (Å²) in [7, 11) is 3.57. The average molecular weight is 466 g/mol. The van der Waals surface area contributed by atoms with Crippen LogP contribution in [-0.4, -0.2) is 58.7 Å². The zero-order valence-corrected chi connectivity index (χ0v) is 20.0. The highest BCUT2D eigenvalue weighted by Crippen LogP contribution is 2.18. The van der Waals surface area contributed by atoms with Crippen molar-refractivity contribution in [2.24, 2.45) is 7.05 Å². The summed E-state index contributed by atoms with van der Waals surface area (Å²) in [5.41, 5.74) is 2.09. The highest BCUT2D eigenvalue weighted by Gasteiger charge is 2.22. The van der Waals surface area contributed by atoms with Crippen LogP contribution in [0.1, 0.15) is 11.3 Å². The Hall–Kier alpha value is -3.03. The summed E-state index contributed by atoms with van der Waals surface area (Å²) < 4.78 is 7.20. The second kappa shape index (κ2) is 12.9. The Labute approximate surface area is 200 Å². The van der Waals surface area contributed by atoms with E-state index in [9.17, 15) is 9.59 Å². The summed E-state index contributed by atoms with van der Waals surface area (Å²) in [6.45, 7) is 1.73. The zero-order chi connectivity index (χ0) is 23.5. The minimum atomic E-state index is -0.0887. The number of carbonyl (C=O) groups excluding carboxylic acids is 2. The van der Waals surface area contributed by atoms with Crippen molar-refractivity contribution < 1.29 is 14.3 Å². The third-order valence-electron chi connectivity index (χ3n) is 5.32. The summed E-state index contributed by atoms with van der Waals surface area (Å²) in [6.07, 6.45) is 1.97. The molecule has 0 saturated carbocycles. The van der Waals surface area contributed by atoms with Gasteiger partial charge in [0, 0.05) is 44.0 Å². The van der Waals surface area contributed by atoms with Gasteiger partial charge < -0.3 is 19.1 Å². The highest BCUT2D eigenvalue weighted by molar-refractivity contribution is 8.00. The van der Waals surface area contributed by atoms with E-state index in [-0.39, 0.29) is 24.1 Å². The summed E-state index contributed by atoms with van der Waals surface area (Å²) in [5.74, 6) is 0.110. The number of rotatable bonds is 12. The van der Waals surface area contributed by atoms with Crippen molar-refractivity contribution in [3.05, 3.63) is 90.3 Å². The molecule has 33 heavy (non-hydrogen) atoms. The van der Waals surface area contributed by atoms with Crippen molar-refractivity contribution in [3.8, 4) is 0 Å². The van der Waals surface area contributed by atoms with Crippen LogP contribution in [0.15, 0.2) is 83.9 Å². The molecule has 0 aliphatic carbocycles. The molecule has 0 N–H and O–H groups in total. The number of thioether (sulfide) groups is 1. The molecule has 0 spiro atoms. The molecule has 2 amide bonds. The fraction of sp³-hybridized carbons (Fsp3) is 0.308. The van der Waals surface area contributed by atoms with Crippen molar-refractivity contribution in [3.63, 3.8) is 0 Å². The first-order valence-corrected chi connectivity index (χ1v) is 11.9. The van der Waals surface area contributed by atoms with Gasteiger partial charge in [-0.15, -0.1) is 11.8 Å². The lowest BCUT2D eigenvalue weighted by Crippen LogP contribution is -2.44. The van der Waals surface area contributed by atoms with Crippen LogP contribution in [0.4, 0.5) is 0 Å². The summed E-state index contributed by atoms with van der Waals surface area (Å²) >= 11 is 1.47. The molecule has 2 aromatic carbocycles. The summed E-state index contributed by atoms with van der Waals surface area (Å²) in [6, 6.07) is 23.7. The second-order valence-corrected chi connectivity index (χ2v) is 8.80. The maximum absolute atomic E-state index is 13.4. The number of nitrogens with zero attached hydrogens (tertiary/aromatic N) is 3. The molecule has 174 valence electrons. The number of amides is 2. The predicted molar refractivity (Wildman–Crippen MR) is 132 cm³/mol. The van der Waals surface area contributed by atoms with E-state index in [4.69, 9.17) is 4.74 Å². The molecular formula is C26H31N3O3S. The van der Waals surface area contributed by atoms with Crippen LogP contribution < -0.4 is 0 Å². The van der Waals surface area contributed by atoms with Gasteiger partial charge in [0.15, 0.2) is 0 Å². The minimum absolute atomic E-state index is 0.0226. The van der Waals surface area contributed by atoms with E-state index in [1.165, 1.54) is 11.8 Å². The minimum Gasteiger partial charge on any atom is -0.383 e. The van der Waals surface area contributed by atoms with E-state index in [1.807, 2.05) is 95.5 Å². The van der Waals surface area contributed by atoms with Crippen molar-refractivity contribution >= 4 is 23.6 Å². The van der Waals surface area contributed by atoms with E-state index in [2.05, 4.69) is 0 Å².